The minimum Gasteiger partial charge on any atom is -0.469 e. The summed E-state index contributed by atoms with van der Waals surface area (Å²) in [6.07, 6.45) is -8.97. The van der Waals surface area contributed by atoms with Gasteiger partial charge in [-0.3, -0.25) is 0 Å². The fourth-order valence-corrected chi connectivity index (χ4v) is 1.96. The first-order valence-corrected chi connectivity index (χ1v) is 6.21. The highest BCUT2D eigenvalue weighted by Gasteiger charge is 2.39. The highest BCUT2D eigenvalue weighted by Crippen LogP contribution is 2.29. The first-order chi connectivity index (χ1) is 9.82. The Bertz CT molecular complexity index is 486. The summed E-state index contributed by atoms with van der Waals surface area (Å²) in [5.41, 5.74) is 4.24. The van der Waals surface area contributed by atoms with Crippen molar-refractivity contribution in [3.8, 4) is 5.88 Å². The Morgan fingerprint density at radius 1 is 1.33 bits per heavy atom. The van der Waals surface area contributed by atoms with Gasteiger partial charge in [0, 0.05) is 12.6 Å². The van der Waals surface area contributed by atoms with Crippen molar-refractivity contribution in [2.75, 3.05) is 13.2 Å². The van der Waals surface area contributed by atoms with E-state index in [-0.39, 0.29) is 19.0 Å². The molecule has 0 aliphatic carbocycles. The molecule has 21 heavy (non-hydrogen) atoms. The summed E-state index contributed by atoms with van der Waals surface area (Å²) in [5, 5.41) is 19.6. The van der Waals surface area contributed by atoms with E-state index in [0.29, 0.717) is 0 Å². The monoisotopic (exact) mass is 308 g/mol. The smallest absolute Gasteiger partial charge is 0.433 e. The Morgan fingerprint density at radius 3 is 2.67 bits per heavy atom. The summed E-state index contributed by atoms with van der Waals surface area (Å²) < 4.78 is 48.0. The normalized spacial score (nSPS) is 30.2. The van der Waals surface area contributed by atoms with Crippen LogP contribution in [0.5, 0.6) is 5.88 Å². The third-order valence-corrected chi connectivity index (χ3v) is 3.10. The number of aliphatic hydroxyl groups excluding tert-OH is 2. The second-order valence-electron chi connectivity index (χ2n) is 4.60. The number of rotatable bonds is 3. The standard InChI is InChI=1S/C12H15F3N2O4/c13-12(14,15)8-2-1-3-9(17-8)21-7-5-20-6(4-16)10(18)11(7)19/h1-3,6-7,10-11,18-19H,4-5,16H2/t6-,7+,10+,11-/m1/s1. The van der Waals surface area contributed by atoms with Crippen molar-refractivity contribution in [3.05, 3.63) is 23.9 Å². The van der Waals surface area contributed by atoms with Crippen molar-refractivity contribution in [1.29, 1.82) is 0 Å². The molecule has 9 heteroatoms. The van der Waals surface area contributed by atoms with Crippen molar-refractivity contribution in [2.45, 2.75) is 30.6 Å². The van der Waals surface area contributed by atoms with Crippen molar-refractivity contribution in [1.82, 2.24) is 4.98 Å². The van der Waals surface area contributed by atoms with E-state index in [2.05, 4.69) is 4.98 Å². The van der Waals surface area contributed by atoms with Crippen LogP contribution in [0.4, 0.5) is 13.2 Å². The van der Waals surface area contributed by atoms with E-state index in [1.807, 2.05) is 0 Å². The van der Waals surface area contributed by atoms with Gasteiger partial charge in [-0.15, -0.1) is 0 Å². The van der Waals surface area contributed by atoms with Gasteiger partial charge in [-0.2, -0.15) is 13.2 Å². The zero-order valence-corrected chi connectivity index (χ0v) is 10.8. The molecule has 0 saturated carbocycles. The van der Waals surface area contributed by atoms with Crippen molar-refractivity contribution in [3.63, 3.8) is 0 Å². The van der Waals surface area contributed by atoms with Crippen LogP contribution < -0.4 is 10.5 Å². The predicted molar refractivity (Wildman–Crippen MR) is 64.5 cm³/mol. The molecule has 1 aromatic rings. The van der Waals surface area contributed by atoms with Crippen molar-refractivity contribution in [2.24, 2.45) is 5.73 Å². The minimum atomic E-state index is -4.59. The van der Waals surface area contributed by atoms with Crippen LogP contribution in [0.15, 0.2) is 18.2 Å². The van der Waals surface area contributed by atoms with Gasteiger partial charge in [-0.1, -0.05) is 6.07 Å². The Kier molecular flexibility index (Phi) is 4.67. The summed E-state index contributed by atoms with van der Waals surface area (Å²) >= 11 is 0. The number of hydrogen-bond donors (Lipinski definition) is 3. The lowest BCUT2D eigenvalue weighted by Gasteiger charge is -2.36. The molecule has 0 unspecified atom stereocenters. The van der Waals surface area contributed by atoms with E-state index < -0.39 is 36.3 Å². The molecule has 0 aromatic carbocycles. The summed E-state index contributed by atoms with van der Waals surface area (Å²) in [4.78, 5) is 3.32. The molecule has 1 aromatic heterocycles. The van der Waals surface area contributed by atoms with Crippen LogP contribution in [0.25, 0.3) is 0 Å². The highest BCUT2D eigenvalue weighted by molar-refractivity contribution is 5.18. The number of aliphatic hydroxyl groups is 2. The summed E-state index contributed by atoms with van der Waals surface area (Å²) in [5.74, 6) is -0.309. The summed E-state index contributed by atoms with van der Waals surface area (Å²) in [6.45, 7) is -0.106. The predicted octanol–water partition coefficient (Wildman–Crippen LogP) is -0.0729. The fourth-order valence-electron chi connectivity index (χ4n) is 1.96. The van der Waals surface area contributed by atoms with E-state index in [1.165, 1.54) is 6.07 Å². The number of aromatic nitrogens is 1. The maximum absolute atomic E-state index is 12.5. The molecule has 2 heterocycles. The SMILES string of the molecule is NC[C@H]1OC[C@H](Oc2cccc(C(F)(F)F)n2)[C@@H](O)[C@H]1O. The van der Waals surface area contributed by atoms with Crippen LogP contribution in [0.3, 0.4) is 0 Å². The summed E-state index contributed by atoms with van der Waals surface area (Å²) in [6, 6.07) is 3.17. The topological polar surface area (TPSA) is 97.8 Å². The second kappa shape index (κ2) is 6.14. The van der Waals surface area contributed by atoms with Crippen LogP contribution in [0.1, 0.15) is 5.69 Å². The first kappa shape index (κ1) is 16.0. The number of pyridine rings is 1. The fraction of sp³-hybridized carbons (Fsp3) is 0.583. The van der Waals surface area contributed by atoms with E-state index >= 15 is 0 Å². The molecule has 0 bridgehead atoms. The average Bonchev–Trinajstić information content (AvgIpc) is 2.44. The van der Waals surface area contributed by atoms with Gasteiger partial charge in [0.2, 0.25) is 5.88 Å². The number of hydrogen-bond acceptors (Lipinski definition) is 6. The quantitative estimate of drug-likeness (QED) is 0.723. The van der Waals surface area contributed by atoms with Gasteiger partial charge < -0.3 is 25.4 Å². The van der Waals surface area contributed by atoms with Crippen LogP contribution in [-0.4, -0.2) is 52.8 Å². The van der Waals surface area contributed by atoms with Gasteiger partial charge in [-0.25, -0.2) is 4.98 Å². The Hall–Kier alpha value is -1.42. The molecule has 118 valence electrons. The minimum absolute atomic E-state index is 0.00670. The molecule has 0 radical (unpaired) electrons. The van der Waals surface area contributed by atoms with Crippen LogP contribution >= 0.6 is 0 Å². The maximum Gasteiger partial charge on any atom is 0.433 e. The molecule has 1 fully saturated rings. The lowest BCUT2D eigenvalue weighted by molar-refractivity contribution is -0.177. The molecule has 0 spiro atoms. The number of alkyl halides is 3. The highest BCUT2D eigenvalue weighted by atomic mass is 19.4. The molecule has 2 rings (SSSR count). The van der Waals surface area contributed by atoms with Crippen molar-refractivity contribution < 1.29 is 32.9 Å². The molecular weight excluding hydrogens is 293 g/mol. The second-order valence-corrected chi connectivity index (χ2v) is 4.60. The molecule has 1 saturated heterocycles. The Morgan fingerprint density at radius 2 is 2.05 bits per heavy atom. The zero-order valence-electron chi connectivity index (χ0n) is 10.8. The van der Waals surface area contributed by atoms with Gasteiger partial charge in [0.05, 0.1) is 12.7 Å². The van der Waals surface area contributed by atoms with E-state index in [9.17, 15) is 23.4 Å². The number of ether oxygens (including phenoxy) is 2. The molecule has 1 aliphatic heterocycles. The number of nitrogens with zero attached hydrogens (tertiary/aromatic N) is 1. The van der Waals surface area contributed by atoms with E-state index in [0.717, 1.165) is 12.1 Å². The van der Waals surface area contributed by atoms with Gasteiger partial charge in [0.15, 0.2) is 6.10 Å². The molecule has 6 nitrogen and oxygen atoms in total. The van der Waals surface area contributed by atoms with Crippen LogP contribution in [-0.2, 0) is 10.9 Å². The van der Waals surface area contributed by atoms with E-state index in [1.54, 1.807) is 0 Å². The Balaban J connectivity index is 2.08. The van der Waals surface area contributed by atoms with Gasteiger partial charge >= 0.3 is 6.18 Å². The van der Waals surface area contributed by atoms with Gasteiger partial charge in [-0.05, 0) is 6.07 Å². The average molecular weight is 308 g/mol. The summed E-state index contributed by atoms with van der Waals surface area (Å²) in [7, 11) is 0. The number of halogens is 3. The third kappa shape index (κ3) is 3.62. The van der Waals surface area contributed by atoms with Crippen LogP contribution in [0, 0.1) is 0 Å². The largest absolute Gasteiger partial charge is 0.469 e. The lowest BCUT2D eigenvalue weighted by Crippen LogP contribution is -2.57. The zero-order chi connectivity index (χ0) is 15.6. The number of nitrogens with two attached hydrogens (primary N) is 1. The first-order valence-electron chi connectivity index (χ1n) is 6.21. The third-order valence-electron chi connectivity index (χ3n) is 3.10. The molecular formula is C12H15F3N2O4. The molecule has 1 aliphatic rings. The van der Waals surface area contributed by atoms with Crippen LogP contribution in [0.2, 0.25) is 0 Å². The van der Waals surface area contributed by atoms with E-state index in [4.69, 9.17) is 15.2 Å². The van der Waals surface area contributed by atoms with Gasteiger partial charge in [0.1, 0.15) is 17.9 Å². The van der Waals surface area contributed by atoms with Gasteiger partial charge in [0.25, 0.3) is 0 Å². The lowest BCUT2D eigenvalue weighted by atomic mass is 10.00. The molecule has 0 amide bonds. The molecule has 4 N–H and O–H groups in total. The molecule has 4 atom stereocenters. The van der Waals surface area contributed by atoms with Crippen molar-refractivity contribution >= 4 is 0 Å². The Labute approximate surface area is 118 Å². The maximum atomic E-state index is 12.5.